The van der Waals surface area contributed by atoms with Gasteiger partial charge in [-0.2, -0.15) is 5.26 Å². The zero-order valence-corrected chi connectivity index (χ0v) is 16.0. The maximum atomic E-state index is 9.26. The first-order valence-corrected chi connectivity index (χ1v) is 8.85. The Hall–Kier alpha value is -4.09. The minimum atomic E-state index is 0.0787. The molecule has 1 heterocycles. The molecule has 0 unspecified atom stereocenters. The van der Waals surface area contributed by atoms with Gasteiger partial charge in [0, 0.05) is 17.5 Å². The van der Waals surface area contributed by atoms with E-state index in [0.29, 0.717) is 34.9 Å². The monoisotopic (exact) mass is 386 g/mol. The fourth-order valence-corrected chi connectivity index (χ4v) is 2.98. The lowest BCUT2D eigenvalue weighted by Gasteiger charge is -2.16. The highest BCUT2D eigenvalue weighted by molar-refractivity contribution is 5.71. The molecule has 3 aromatic rings. The molecule has 0 saturated heterocycles. The third-order valence-corrected chi connectivity index (χ3v) is 4.39. The summed E-state index contributed by atoms with van der Waals surface area (Å²) < 4.78 is 0. The van der Waals surface area contributed by atoms with Crippen LogP contribution >= 0.6 is 0 Å². The van der Waals surface area contributed by atoms with Crippen LogP contribution in [-0.2, 0) is 6.54 Å². The van der Waals surface area contributed by atoms with E-state index < -0.39 is 0 Å². The average molecular weight is 386 g/mol. The number of anilines is 2. The molecule has 0 aliphatic rings. The second-order valence-electron chi connectivity index (χ2n) is 6.59. The third-order valence-electron chi connectivity index (χ3n) is 4.39. The Morgan fingerprint density at radius 3 is 2.62 bits per heavy atom. The molecule has 0 aliphatic carbocycles. The van der Waals surface area contributed by atoms with E-state index in [0.717, 1.165) is 16.7 Å². The SMILES string of the molecule is Cc1c(C#N)cccc1-c1cc(/C(N)=C/N(N)Cc2cccc(N)c2)nc(N)n1. The van der Waals surface area contributed by atoms with Gasteiger partial charge in [0.2, 0.25) is 5.95 Å². The number of benzene rings is 2. The second-order valence-corrected chi connectivity index (χ2v) is 6.59. The molecule has 2 aromatic carbocycles. The summed E-state index contributed by atoms with van der Waals surface area (Å²) in [6.45, 7) is 2.28. The van der Waals surface area contributed by atoms with Crippen LogP contribution in [0.4, 0.5) is 11.6 Å². The van der Waals surface area contributed by atoms with E-state index in [4.69, 9.17) is 23.0 Å². The summed E-state index contributed by atoms with van der Waals surface area (Å²) in [5, 5.41) is 10.7. The number of nitriles is 1. The molecule has 0 fully saturated rings. The molecule has 0 atom stereocenters. The Bertz CT molecular complexity index is 1110. The first-order chi connectivity index (χ1) is 13.9. The molecule has 8 nitrogen and oxygen atoms in total. The fraction of sp³-hybridized carbons (Fsp3) is 0.0952. The van der Waals surface area contributed by atoms with Gasteiger partial charge < -0.3 is 22.2 Å². The number of rotatable bonds is 5. The fourth-order valence-electron chi connectivity index (χ4n) is 2.98. The number of nitrogens with two attached hydrogens (primary N) is 4. The molecule has 0 bridgehead atoms. The van der Waals surface area contributed by atoms with Crippen molar-refractivity contribution >= 4 is 17.3 Å². The molecule has 8 heteroatoms. The highest BCUT2D eigenvalue weighted by Gasteiger charge is 2.12. The highest BCUT2D eigenvalue weighted by atomic mass is 15.4. The van der Waals surface area contributed by atoms with Crippen molar-refractivity contribution in [2.45, 2.75) is 13.5 Å². The first-order valence-electron chi connectivity index (χ1n) is 8.85. The van der Waals surface area contributed by atoms with E-state index in [9.17, 15) is 5.26 Å². The average Bonchev–Trinajstić information content (AvgIpc) is 2.67. The highest BCUT2D eigenvalue weighted by Crippen LogP contribution is 2.26. The summed E-state index contributed by atoms with van der Waals surface area (Å²) >= 11 is 0. The molecule has 0 saturated carbocycles. The van der Waals surface area contributed by atoms with Crippen molar-refractivity contribution in [3.63, 3.8) is 0 Å². The van der Waals surface area contributed by atoms with Crippen LogP contribution in [0, 0.1) is 18.3 Å². The minimum Gasteiger partial charge on any atom is -0.399 e. The zero-order chi connectivity index (χ0) is 21.0. The van der Waals surface area contributed by atoms with Crippen molar-refractivity contribution in [3.05, 3.63) is 77.1 Å². The van der Waals surface area contributed by atoms with Gasteiger partial charge in [0.05, 0.1) is 35.3 Å². The van der Waals surface area contributed by atoms with Gasteiger partial charge in [-0.05, 0) is 42.3 Å². The van der Waals surface area contributed by atoms with E-state index in [-0.39, 0.29) is 5.95 Å². The smallest absolute Gasteiger partial charge is 0.221 e. The van der Waals surface area contributed by atoms with Crippen LogP contribution in [0.5, 0.6) is 0 Å². The quantitative estimate of drug-likeness (QED) is 0.295. The van der Waals surface area contributed by atoms with Crippen molar-refractivity contribution in [1.82, 2.24) is 15.0 Å². The molecule has 29 heavy (non-hydrogen) atoms. The molecule has 1 aromatic heterocycles. The molecule has 0 spiro atoms. The van der Waals surface area contributed by atoms with Crippen LogP contribution in [0.15, 0.2) is 54.7 Å². The zero-order valence-electron chi connectivity index (χ0n) is 16.0. The first kappa shape index (κ1) is 19.7. The predicted octanol–water partition coefficient (Wildman–Crippen LogP) is 2.12. The van der Waals surface area contributed by atoms with Crippen LogP contribution in [0.2, 0.25) is 0 Å². The summed E-state index contributed by atoms with van der Waals surface area (Å²) in [4.78, 5) is 8.51. The molecular weight excluding hydrogens is 364 g/mol. The Morgan fingerprint density at radius 1 is 1.14 bits per heavy atom. The number of nitrogen functional groups attached to an aromatic ring is 2. The summed E-state index contributed by atoms with van der Waals surface area (Å²) in [5.41, 5.74) is 23.0. The number of hydrogen-bond acceptors (Lipinski definition) is 8. The van der Waals surface area contributed by atoms with Crippen molar-refractivity contribution in [1.29, 1.82) is 5.26 Å². The minimum absolute atomic E-state index is 0.0787. The van der Waals surface area contributed by atoms with E-state index in [1.807, 2.05) is 37.3 Å². The van der Waals surface area contributed by atoms with Gasteiger partial charge in [-0.3, -0.25) is 0 Å². The van der Waals surface area contributed by atoms with Crippen LogP contribution in [-0.4, -0.2) is 15.0 Å². The van der Waals surface area contributed by atoms with Crippen molar-refractivity contribution in [2.75, 3.05) is 11.5 Å². The number of nitrogens with zero attached hydrogens (tertiary/aromatic N) is 4. The van der Waals surface area contributed by atoms with Crippen molar-refractivity contribution < 1.29 is 0 Å². The standard InChI is InChI=1S/C21H22N8/c1-13-15(10-22)5-3-7-17(13)19-9-20(28-21(25)27-19)18(24)12-29(26)11-14-4-2-6-16(23)8-14/h2-9,12H,11,23-24,26H2,1H3,(H2,25,27,28)/b18-12-. The lowest BCUT2D eigenvalue weighted by molar-refractivity contribution is 0.388. The lowest BCUT2D eigenvalue weighted by atomic mass is 10.00. The Kier molecular flexibility index (Phi) is 5.62. The second kappa shape index (κ2) is 8.29. The molecular formula is C21H22N8. The topological polar surface area (TPSA) is 157 Å². The van der Waals surface area contributed by atoms with Crippen molar-refractivity contribution in [2.24, 2.45) is 11.6 Å². The van der Waals surface area contributed by atoms with Crippen molar-refractivity contribution in [3.8, 4) is 17.3 Å². The van der Waals surface area contributed by atoms with Gasteiger partial charge in [0.1, 0.15) is 0 Å². The molecule has 0 radical (unpaired) electrons. The maximum Gasteiger partial charge on any atom is 0.221 e. The van der Waals surface area contributed by atoms with E-state index >= 15 is 0 Å². The summed E-state index contributed by atoms with van der Waals surface area (Å²) in [5.74, 6) is 6.15. The van der Waals surface area contributed by atoms with Gasteiger partial charge >= 0.3 is 0 Å². The Morgan fingerprint density at radius 2 is 1.90 bits per heavy atom. The van der Waals surface area contributed by atoms with Gasteiger partial charge in [0.25, 0.3) is 0 Å². The summed E-state index contributed by atoms with van der Waals surface area (Å²) in [6, 6.07) is 16.7. The van der Waals surface area contributed by atoms with E-state index in [1.54, 1.807) is 24.4 Å². The van der Waals surface area contributed by atoms with Gasteiger partial charge in [0.15, 0.2) is 0 Å². The number of hydrazine groups is 1. The van der Waals surface area contributed by atoms with Crippen LogP contribution in [0.25, 0.3) is 17.0 Å². The van der Waals surface area contributed by atoms with E-state index in [2.05, 4.69) is 16.0 Å². The molecule has 3 rings (SSSR count). The Labute approximate surface area is 169 Å². The van der Waals surface area contributed by atoms with Gasteiger partial charge in [-0.1, -0.05) is 24.3 Å². The molecule has 0 aliphatic heterocycles. The number of hydrogen-bond donors (Lipinski definition) is 4. The summed E-state index contributed by atoms with van der Waals surface area (Å²) in [7, 11) is 0. The predicted molar refractivity (Wildman–Crippen MR) is 114 cm³/mol. The Balaban J connectivity index is 1.91. The molecule has 0 amide bonds. The van der Waals surface area contributed by atoms with E-state index in [1.165, 1.54) is 5.01 Å². The molecule has 146 valence electrons. The summed E-state index contributed by atoms with van der Waals surface area (Å²) in [6.07, 6.45) is 1.58. The maximum absolute atomic E-state index is 9.26. The lowest BCUT2D eigenvalue weighted by Crippen LogP contribution is -2.26. The third kappa shape index (κ3) is 4.61. The van der Waals surface area contributed by atoms with Crippen LogP contribution < -0.4 is 23.0 Å². The van der Waals surface area contributed by atoms with Crippen LogP contribution in [0.3, 0.4) is 0 Å². The normalized spacial score (nSPS) is 11.1. The molecule has 8 N–H and O–H groups in total. The largest absolute Gasteiger partial charge is 0.399 e. The van der Waals surface area contributed by atoms with Gasteiger partial charge in [-0.15, -0.1) is 0 Å². The number of aromatic nitrogens is 2. The van der Waals surface area contributed by atoms with Gasteiger partial charge in [-0.25, -0.2) is 15.8 Å². The van der Waals surface area contributed by atoms with Crippen LogP contribution in [0.1, 0.15) is 22.4 Å².